The lowest BCUT2D eigenvalue weighted by molar-refractivity contribution is -0.131. The van der Waals surface area contributed by atoms with Gasteiger partial charge >= 0.3 is 0 Å². The number of anilines is 1. The fourth-order valence-corrected chi connectivity index (χ4v) is 4.27. The second-order valence-electron chi connectivity index (χ2n) is 7.60. The molecule has 2 aromatic heterocycles. The van der Waals surface area contributed by atoms with Crippen LogP contribution in [0.15, 0.2) is 54.2 Å². The van der Waals surface area contributed by atoms with Crippen molar-refractivity contribution in [2.45, 2.75) is 25.3 Å². The number of halogens is 1. The quantitative estimate of drug-likeness (QED) is 0.580. The average Bonchev–Trinajstić information content (AvgIpc) is 3.33. The summed E-state index contributed by atoms with van der Waals surface area (Å²) in [5, 5.41) is 7.43. The Morgan fingerprint density at radius 3 is 2.45 bits per heavy atom. The van der Waals surface area contributed by atoms with Crippen molar-refractivity contribution in [1.29, 1.82) is 0 Å². The molecule has 3 amide bonds. The first-order valence-electron chi connectivity index (χ1n) is 10.5. The Kier molecular flexibility index (Phi) is 7.04. The van der Waals surface area contributed by atoms with Crippen LogP contribution in [0.25, 0.3) is 0 Å². The summed E-state index contributed by atoms with van der Waals surface area (Å²) in [6, 6.07) is 8.79. The summed E-state index contributed by atoms with van der Waals surface area (Å²) in [5.74, 6) is -1.33. The molecule has 3 aromatic rings. The van der Waals surface area contributed by atoms with Crippen molar-refractivity contribution in [3.63, 3.8) is 0 Å². The number of likely N-dealkylation sites (tertiary alicyclic amines) is 1. The zero-order valence-corrected chi connectivity index (χ0v) is 18.5. The number of benzene rings is 1. The third kappa shape index (κ3) is 5.78. The van der Waals surface area contributed by atoms with Gasteiger partial charge in [-0.1, -0.05) is 6.07 Å². The lowest BCUT2D eigenvalue weighted by Gasteiger charge is -2.32. The summed E-state index contributed by atoms with van der Waals surface area (Å²) >= 11 is 1.56. The van der Waals surface area contributed by atoms with Crippen LogP contribution < -0.4 is 10.6 Å². The van der Waals surface area contributed by atoms with Gasteiger partial charge in [-0.25, -0.2) is 14.4 Å². The van der Waals surface area contributed by atoms with Crippen LogP contribution in [0, 0.1) is 5.82 Å². The van der Waals surface area contributed by atoms with E-state index < -0.39 is 17.6 Å². The van der Waals surface area contributed by atoms with Crippen LogP contribution in [0.1, 0.15) is 38.6 Å². The standard InChI is InChI=1S/C23H22FN5O3S/c24-16-5-3-15(4-6-16)22(31)28-21-20(25-9-10-26-21)23(32)27-17-7-11-29(12-8-17)19(30)14-18-2-1-13-33-18/h1-6,9-10,13,17H,7-8,11-12,14H2,(H,27,32)(H,26,28,31). The van der Waals surface area contributed by atoms with Crippen LogP contribution in [-0.4, -0.2) is 51.7 Å². The van der Waals surface area contributed by atoms with Crippen LogP contribution in [0.3, 0.4) is 0 Å². The molecule has 1 aliphatic rings. The van der Waals surface area contributed by atoms with E-state index in [0.29, 0.717) is 32.4 Å². The van der Waals surface area contributed by atoms with Crippen molar-refractivity contribution in [2.75, 3.05) is 18.4 Å². The number of carbonyl (C=O) groups excluding carboxylic acids is 3. The molecule has 3 heterocycles. The Balaban J connectivity index is 1.33. The average molecular weight is 468 g/mol. The van der Waals surface area contributed by atoms with Gasteiger partial charge in [-0.3, -0.25) is 14.4 Å². The molecule has 1 aromatic carbocycles. The molecular weight excluding hydrogens is 445 g/mol. The second-order valence-corrected chi connectivity index (χ2v) is 8.63. The highest BCUT2D eigenvalue weighted by Crippen LogP contribution is 2.17. The third-order valence-corrected chi connectivity index (χ3v) is 6.22. The summed E-state index contributed by atoms with van der Waals surface area (Å²) in [4.78, 5) is 48.7. The van der Waals surface area contributed by atoms with Gasteiger partial charge in [0.2, 0.25) is 5.91 Å². The van der Waals surface area contributed by atoms with E-state index in [1.165, 1.54) is 36.7 Å². The number of hydrogen-bond donors (Lipinski definition) is 2. The zero-order chi connectivity index (χ0) is 23.2. The van der Waals surface area contributed by atoms with Gasteiger partial charge in [0.1, 0.15) is 5.82 Å². The molecule has 1 fully saturated rings. The van der Waals surface area contributed by atoms with Gasteiger partial charge in [-0.2, -0.15) is 0 Å². The van der Waals surface area contributed by atoms with Crippen molar-refractivity contribution in [1.82, 2.24) is 20.2 Å². The molecule has 0 saturated carbocycles. The minimum Gasteiger partial charge on any atom is -0.348 e. The SMILES string of the molecule is O=C(Nc1nccnc1C(=O)NC1CCN(C(=O)Cc2cccs2)CC1)c1ccc(F)cc1. The van der Waals surface area contributed by atoms with E-state index in [9.17, 15) is 18.8 Å². The number of carbonyl (C=O) groups is 3. The largest absolute Gasteiger partial charge is 0.348 e. The summed E-state index contributed by atoms with van der Waals surface area (Å²) in [7, 11) is 0. The highest BCUT2D eigenvalue weighted by Gasteiger charge is 2.26. The first-order chi connectivity index (χ1) is 16.0. The number of piperidine rings is 1. The van der Waals surface area contributed by atoms with E-state index in [1.807, 2.05) is 22.4 Å². The molecule has 1 saturated heterocycles. The number of hydrogen-bond acceptors (Lipinski definition) is 6. The fraction of sp³-hybridized carbons (Fsp3) is 0.261. The van der Waals surface area contributed by atoms with Gasteiger partial charge in [0.15, 0.2) is 11.5 Å². The maximum Gasteiger partial charge on any atom is 0.273 e. The number of aromatic nitrogens is 2. The van der Waals surface area contributed by atoms with E-state index >= 15 is 0 Å². The lowest BCUT2D eigenvalue weighted by Crippen LogP contribution is -2.47. The van der Waals surface area contributed by atoms with Crippen molar-refractivity contribution >= 4 is 34.9 Å². The van der Waals surface area contributed by atoms with Gasteiger partial charge in [0, 0.05) is 42.0 Å². The highest BCUT2D eigenvalue weighted by molar-refractivity contribution is 7.10. The molecule has 0 aliphatic carbocycles. The number of amides is 3. The van der Waals surface area contributed by atoms with E-state index in [1.54, 1.807) is 11.3 Å². The molecule has 8 nitrogen and oxygen atoms in total. The molecule has 0 spiro atoms. The summed E-state index contributed by atoms with van der Waals surface area (Å²) in [6.07, 6.45) is 4.38. The number of nitrogens with zero attached hydrogens (tertiary/aromatic N) is 3. The maximum atomic E-state index is 13.1. The molecule has 2 N–H and O–H groups in total. The fourth-order valence-electron chi connectivity index (χ4n) is 3.58. The predicted octanol–water partition coefficient (Wildman–Crippen LogP) is 2.89. The first-order valence-corrected chi connectivity index (χ1v) is 11.4. The van der Waals surface area contributed by atoms with Crippen molar-refractivity contribution in [3.8, 4) is 0 Å². The first kappa shape index (κ1) is 22.5. The second kappa shape index (κ2) is 10.3. The van der Waals surface area contributed by atoms with Crippen molar-refractivity contribution < 1.29 is 18.8 Å². The van der Waals surface area contributed by atoms with Crippen LogP contribution in [-0.2, 0) is 11.2 Å². The Morgan fingerprint density at radius 1 is 1.03 bits per heavy atom. The lowest BCUT2D eigenvalue weighted by atomic mass is 10.0. The van der Waals surface area contributed by atoms with Crippen LogP contribution in [0.2, 0.25) is 0 Å². The van der Waals surface area contributed by atoms with Crippen LogP contribution in [0.4, 0.5) is 10.2 Å². The highest BCUT2D eigenvalue weighted by atomic mass is 32.1. The summed E-state index contributed by atoms with van der Waals surface area (Å²) in [5.41, 5.74) is 0.220. The van der Waals surface area contributed by atoms with Crippen LogP contribution >= 0.6 is 11.3 Å². The monoisotopic (exact) mass is 467 g/mol. The van der Waals surface area contributed by atoms with Gasteiger partial charge in [-0.05, 0) is 48.6 Å². The molecule has 1 aliphatic heterocycles. The van der Waals surface area contributed by atoms with Crippen LogP contribution in [0.5, 0.6) is 0 Å². The molecule has 33 heavy (non-hydrogen) atoms. The summed E-state index contributed by atoms with van der Waals surface area (Å²) < 4.78 is 13.1. The molecule has 10 heteroatoms. The van der Waals surface area contributed by atoms with E-state index in [-0.39, 0.29) is 29.0 Å². The maximum absolute atomic E-state index is 13.1. The molecule has 0 unspecified atom stereocenters. The number of rotatable bonds is 6. The number of nitrogens with one attached hydrogen (secondary N) is 2. The van der Waals surface area contributed by atoms with Gasteiger partial charge < -0.3 is 15.5 Å². The Labute approximate surface area is 193 Å². The third-order valence-electron chi connectivity index (χ3n) is 5.34. The minimum absolute atomic E-state index is 0.0100. The molecule has 170 valence electrons. The molecule has 4 rings (SSSR count). The van der Waals surface area contributed by atoms with Gasteiger partial charge in [0.25, 0.3) is 11.8 Å². The molecular formula is C23H22FN5O3S. The zero-order valence-electron chi connectivity index (χ0n) is 17.7. The van der Waals surface area contributed by atoms with E-state index in [4.69, 9.17) is 0 Å². The van der Waals surface area contributed by atoms with Crippen molar-refractivity contribution in [3.05, 3.63) is 76.1 Å². The molecule has 0 atom stereocenters. The summed E-state index contributed by atoms with van der Waals surface area (Å²) in [6.45, 7) is 1.12. The van der Waals surface area contributed by atoms with Crippen molar-refractivity contribution in [2.24, 2.45) is 0 Å². The molecule has 0 bridgehead atoms. The smallest absolute Gasteiger partial charge is 0.273 e. The van der Waals surface area contributed by atoms with E-state index in [2.05, 4.69) is 20.6 Å². The Hall–Kier alpha value is -3.66. The van der Waals surface area contributed by atoms with Gasteiger partial charge in [-0.15, -0.1) is 11.3 Å². The van der Waals surface area contributed by atoms with Gasteiger partial charge in [0.05, 0.1) is 6.42 Å². The predicted molar refractivity (Wildman–Crippen MR) is 121 cm³/mol. The minimum atomic E-state index is -0.526. The number of thiophene rings is 1. The normalized spacial score (nSPS) is 14.0. The Bertz CT molecular complexity index is 1130. The topological polar surface area (TPSA) is 104 Å². The molecule has 0 radical (unpaired) electrons. The van der Waals surface area contributed by atoms with E-state index in [0.717, 1.165) is 4.88 Å². The Morgan fingerprint density at radius 2 is 1.76 bits per heavy atom.